The summed E-state index contributed by atoms with van der Waals surface area (Å²) in [6.07, 6.45) is 1.36. The fourth-order valence-electron chi connectivity index (χ4n) is 1.98. The topological polar surface area (TPSA) is 73.6 Å². The molecular formula is C15H18N2O4. The second-order valence-corrected chi connectivity index (χ2v) is 4.81. The molecule has 0 spiro atoms. The van der Waals surface area contributed by atoms with E-state index in [9.17, 15) is 9.90 Å². The molecular weight excluding hydrogens is 272 g/mol. The Kier molecular flexibility index (Phi) is 4.47. The predicted octanol–water partition coefficient (Wildman–Crippen LogP) is 2.75. The number of methoxy groups -OCH3 is 1. The molecule has 0 unspecified atom stereocenters. The molecule has 1 heterocycles. The molecule has 1 aromatic heterocycles. The van der Waals surface area contributed by atoms with Gasteiger partial charge in [0.15, 0.2) is 0 Å². The largest absolute Gasteiger partial charge is 0.497 e. The van der Waals surface area contributed by atoms with Crippen LogP contribution >= 0.6 is 0 Å². The summed E-state index contributed by atoms with van der Waals surface area (Å²) in [6.45, 7) is 4.02. The molecule has 21 heavy (non-hydrogen) atoms. The van der Waals surface area contributed by atoms with Gasteiger partial charge in [0.05, 0.1) is 19.0 Å². The molecule has 0 radical (unpaired) electrons. The molecule has 0 amide bonds. The van der Waals surface area contributed by atoms with Gasteiger partial charge in [-0.05, 0) is 38.1 Å². The maximum atomic E-state index is 11.2. The van der Waals surface area contributed by atoms with Crippen LogP contribution in [0.2, 0.25) is 0 Å². The van der Waals surface area contributed by atoms with Crippen LogP contribution in [0.5, 0.6) is 11.5 Å². The highest BCUT2D eigenvalue weighted by molar-refractivity contribution is 5.88. The molecule has 1 aromatic carbocycles. The van der Waals surface area contributed by atoms with Gasteiger partial charge in [0.1, 0.15) is 23.7 Å². The minimum absolute atomic E-state index is 0.0626. The Hall–Kier alpha value is -2.50. The smallest absolute Gasteiger partial charge is 0.339 e. The number of carboxylic acid groups (broad SMARTS) is 1. The van der Waals surface area contributed by atoms with Crippen molar-refractivity contribution in [1.82, 2.24) is 9.78 Å². The number of benzene rings is 1. The first-order chi connectivity index (χ1) is 10.0. The maximum absolute atomic E-state index is 11.2. The quantitative estimate of drug-likeness (QED) is 0.885. The van der Waals surface area contributed by atoms with Gasteiger partial charge in [-0.2, -0.15) is 5.10 Å². The van der Waals surface area contributed by atoms with Crippen molar-refractivity contribution in [2.45, 2.75) is 26.5 Å². The zero-order valence-electron chi connectivity index (χ0n) is 12.2. The summed E-state index contributed by atoms with van der Waals surface area (Å²) in [4.78, 5) is 11.2. The van der Waals surface area contributed by atoms with Gasteiger partial charge in [-0.1, -0.05) is 0 Å². The zero-order valence-corrected chi connectivity index (χ0v) is 12.2. The van der Waals surface area contributed by atoms with Crippen molar-refractivity contribution >= 4 is 5.97 Å². The van der Waals surface area contributed by atoms with Crippen LogP contribution < -0.4 is 9.47 Å². The van der Waals surface area contributed by atoms with Crippen molar-refractivity contribution in [3.05, 3.63) is 41.7 Å². The summed E-state index contributed by atoms with van der Waals surface area (Å²) in [7, 11) is 1.59. The third kappa shape index (κ3) is 3.34. The highest BCUT2D eigenvalue weighted by Crippen LogP contribution is 2.20. The number of hydrogen-bond donors (Lipinski definition) is 1. The molecule has 2 rings (SSSR count). The minimum Gasteiger partial charge on any atom is -0.497 e. The highest BCUT2D eigenvalue weighted by Gasteiger charge is 2.18. The fourth-order valence-corrected chi connectivity index (χ4v) is 1.98. The minimum atomic E-state index is -1.00. The molecule has 0 aliphatic rings. The first-order valence-electron chi connectivity index (χ1n) is 6.59. The highest BCUT2D eigenvalue weighted by atomic mass is 16.5. The lowest BCUT2D eigenvalue weighted by Gasteiger charge is -2.13. The Bertz CT molecular complexity index is 617. The summed E-state index contributed by atoms with van der Waals surface area (Å²) >= 11 is 0. The molecule has 6 heteroatoms. The number of ether oxygens (including phenoxy) is 2. The molecule has 0 fully saturated rings. The maximum Gasteiger partial charge on any atom is 0.339 e. The van der Waals surface area contributed by atoms with Crippen LogP contribution in [0.4, 0.5) is 0 Å². The van der Waals surface area contributed by atoms with Crippen molar-refractivity contribution in [3.8, 4) is 11.5 Å². The van der Waals surface area contributed by atoms with Crippen molar-refractivity contribution in [2.75, 3.05) is 7.11 Å². The lowest BCUT2D eigenvalue weighted by atomic mass is 10.2. The number of carboxylic acids is 1. The summed E-state index contributed by atoms with van der Waals surface area (Å²) in [5.74, 6) is 0.375. The van der Waals surface area contributed by atoms with Gasteiger partial charge in [-0.25, -0.2) is 4.79 Å². The second-order valence-electron chi connectivity index (χ2n) is 4.81. The SMILES string of the molecule is COc1ccc(OCc2c(C(=O)O)cnn2C(C)C)cc1. The van der Waals surface area contributed by atoms with Gasteiger partial charge in [0.25, 0.3) is 0 Å². The van der Waals surface area contributed by atoms with Gasteiger partial charge >= 0.3 is 5.97 Å². The number of nitrogens with zero attached hydrogens (tertiary/aromatic N) is 2. The van der Waals surface area contributed by atoms with Gasteiger partial charge < -0.3 is 14.6 Å². The van der Waals surface area contributed by atoms with Gasteiger partial charge in [0, 0.05) is 6.04 Å². The number of aromatic carboxylic acids is 1. The van der Waals surface area contributed by atoms with Crippen LogP contribution in [0.25, 0.3) is 0 Å². The summed E-state index contributed by atoms with van der Waals surface area (Å²) in [5, 5.41) is 13.3. The molecule has 0 aliphatic heterocycles. The van der Waals surface area contributed by atoms with Crippen LogP contribution in [-0.2, 0) is 6.61 Å². The normalized spacial score (nSPS) is 10.7. The molecule has 0 bridgehead atoms. The fraction of sp³-hybridized carbons (Fsp3) is 0.333. The molecule has 2 aromatic rings. The van der Waals surface area contributed by atoms with E-state index in [4.69, 9.17) is 9.47 Å². The van der Waals surface area contributed by atoms with Crippen LogP contribution in [0.1, 0.15) is 35.9 Å². The standard InChI is InChI=1S/C15H18N2O4/c1-10(2)17-14(13(8-16-17)15(18)19)9-21-12-6-4-11(20-3)5-7-12/h4-8,10H,9H2,1-3H3,(H,18,19). The zero-order chi connectivity index (χ0) is 15.4. The monoisotopic (exact) mass is 290 g/mol. The average molecular weight is 290 g/mol. The van der Waals surface area contributed by atoms with Crippen LogP contribution in [0.3, 0.4) is 0 Å². The third-order valence-corrected chi connectivity index (χ3v) is 3.05. The van der Waals surface area contributed by atoms with Gasteiger partial charge in [-0.3, -0.25) is 4.68 Å². The Morgan fingerprint density at radius 1 is 1.29 bits per heavy atom. The predicted molar refractivity (Wildman–Crippen MR) is 76.9 cm³/mol. The van der Waals surface area contributed by atoms with Gasteiger partial charge in [0.2, 0.25) is 0 Å². The van der Waals surface area contributed by atoms with E-state index in [-0.39, 0.29) is 18.2 Å². The van der Waals surface area contributed by atoms with Crippen LogP contribution in [0.15, 0.2) is 30.5 Å². The molecule has 6 nitrogen and oxygen atoms in total. The van der Waals surface area contributed by atoms with Crippen molar-refractivity contribution < 1.29 is 19.4 Å². The van der Waals surface area contributed by atoms with E-state index in [1.54, 1.807) is 36.1 Å². The molecule has 0 atom stereocenters. The number of carbonyl (C=O) groups is 1. The van der Waals surface area contributed by atoms with E-state index < -0.39 is 5.97 Å². The van der Waals surface area contributed by atoms with Crippen LogP contribution in [-0.4, -0.2) is 28.0 Å². The Morgan fingerprint density at radius 2 is 1.90 bits per heavy atom. The van der Waals surface area contributed by atoms with E-state index in [1.165, 1.54) is 6.20 Å². The summed E-state index contributed by atoms with van der Waals surface area (Å²) in [5.41, 5.74) is 0.713. The van der Waals surface area contributed by atoms with E-state index in [2.05, 4.69) is 5.10 Å². The van der Waals surface area contributed by atoms with Gasteiger partial charge in [-0.15, -0.1) is 0 Å². The van der Waals surface area contributed by atoms with E-state index in [0.29, 0.717) is 11.4 Å². The first-order valence-corrected chi connectivity index (χ1v) is 6.59. The summed E-state index contributed by atoms with van der Waals surface area (Å²) < 4.78 is 12.4. The number of hydrogen-bond acceptors (Lipinski definition) is 4. The average Bonchev–Trinajstić information content (AvgIpc) is 2.90. The van der Waals surface area contributed by atoms with Crippen molar-refractivity contribution in [1.29, 1.82) is 0 Å². The van der Waals surface area contributed by atoms with Crippen molar-refractivity contribution in [2.24, 2.45) is 0 Å². The van der Waals surface area contributed by atoms with E-state index in [1.807, 2.05) is 13.8 Å². The summed E-state index contributed by atoms with van der Waals surface area (Å²) in [6, 6.07) is 7.18. The lowest BCUT2D eigenvalue weighted by molar-refractivity contribution is 0.0693. The number of rotatable bonds is 6. The molecule has 0 saturated heterocycles. The van der Waals surface area contributed by atoms with Crippen molar-refractivity contribution in [3.63, 3.8) is 0 Å². The molecule has 0 saturated carbocycles. The Labute approximate surface area is 122 Å². The third-order valence-electron chi connectivity index (χ3n) is 3.05. The molecule has 112 valence electrons. The molecule has 0 aliphatic carbocycles. The Morgan fingerprint density at radius 3 is 2.43 bits per heavy atom. The molecule has 1 N–H and O–H groups in total. The lowest BCUT2D eigenvalue weighted by Crippen LogP contribution is -2.13. The van der Waals surface area contributed by atoms with Crippen LogP contribution in [0, 0.1) is 0 Å². The van der Waals surface area contributed by atoms with E-state index in [0.717, 1.165) is 5.75 Å². The first kappa shape index (κ1) is 14.9. The number of aromatic nitrogens is 2. The second kappa shape index (κ2) is 6.30. The van der Waals surface area contributed by atoms with E-state index >= 15 is 0 Å². The Balaban J connectivity index is 2.17.